The van der Waals surface area contributed by atoms with Crippen molar-refractivity contribution >= 4 is 33.2 Å². The van der Waals surface area contributed by atoms with Gasteiger partial charge in [-0.05, 0) is 34.3 Å². The summed E-state index contributed by atoms with van der Waals surface area (Å²) in [7, 11) is 0. The molecule has 0 amide bonds. The maximum absolute atomic E-state index is 11.0. The molecule has 0 spiro atoms. The quantitative estimate of drug-likeness (QED) is 0.769. The lowest BCUT2D eigenvalue weighted by Crippen LogP contribution is -2.06. The van der Waals surface area contributed by atoms with Gasteiger partial charge in [0, 0.05) is 9.35 Å². The minimum atomic E-state index is -0.166. The van der Waals surface area contributed by atoms with Gasteiger partial charge in [0.1, 0.15) is 0 Å². The molecule has 0 atom stereocenters. The lowest BCUT2D eigenvalue weighted by molar-refractivity contribution is -0.142. The Morgan fingerprint density at radius 3 is 3.00 bits per heavy atom. The van der Waals surface area contributed by atoms with Crippen molar-refractivity contribution < 1.29 is 9.53 Å². The third kappa shape index (κ3) is 2.60. The fraction of sp³-hybridized carbons (Fsp3) is 0.375. The second-order valence-corrected chi connectivity index (χ2v) is 4.03. The lowest BCUT2D eigenvalue weighted by Gasteiger charge is -1.99. The molecule has 0 aliphatic rings. The molecule has 0 fully saturated rings. The summed E-state index contributed by atoms with van der Waals surface area (Å²) in [4.78, 5) is 12.0. The highest BCUT2D eigenvalue weighted by molar-refractivity contribution is 9.10. The normalized spacial score (nSPS) is 9.83. The van der Waals surface area contributed by atoms with Crippen molar-refractivity contribution in [3.05, 3.63) is 20.8 Å². The molecule has 0 unspecified atom stereocenters. The first-order chi connectivity index (χ1) is 5.74. The molecule has 4 heteroatoms. The van der Waals surface area contributed by atoms with Gasteiger partial charge in [0.05, 0.1) is 13.0 Å². The van der Waals surface area contributed by atoms with E-state index in [1.807, 2.05) is 11.4 Å². The van der Waals surface area contributed by atoms with E-state index in [2.05, 4.69) is 15.9 Å². The molecule has 0 saturated heterocycles. The topological polar surface area (TPSA) is 26.3 Å². The Morgan fingerprint density at radius 2 is 2.50 bits per heavy atom. The van der Waals surface area contributed by atoms with E-state index >= 15 is 0 Å². The molecule has 0 aromatic carbocycles. The summed E-state index contributed by atoms with van der Waals surface area (Å²) < 4.78 is 5.80. The molecule has 12 heavy (non-hydrogen) atoms. The minimum Gasteiger partial charge on any atom is -0.466 e. The summed E-state index contributed by atoms with van der Waals surface area (Å²) in [6, 6.07) is 1.93. The van der Waals surface area contributed by atoms with Crippen LogP contribution in [0.1, 0.15) is 11.8 Å². The van der Waals surface area contributed by atoms with Crippen molar-refractivity contribution in [1.82, 2.24) is 0 Å². The average Bonchev–Trinajstić information content (AvgIpc) is 2.37. The number of ether oxygens (including phenoxy) is 1. The maximum atomic E-state index is 11.0. The molecule has 0 aliphatic carbocycles. The number of halogens is 1. The summed E-state index contributed by atoms with van der Waals surface area (Å²) in [6.07, 6.45) is 0.367. The predicted octanol–water partition coefficient (Wildman–Crippen LogP) is 2.62. The zero-order valence-electron chi connectivity index (χ0n) is 6.67. The summed E-state index contributed by atoms with van der Waals surface area (Å²) in [5.74, 6) is -0.166. The number of thiophene rings is 1. The van der Waals surface area contributed by atoms with Gasteiger partial charge in [-0.3, -0.25) is 4.79 Å². The van der Waals surface area contributed by atoms with Crippen molar-refractivity contribution in [2.45, 2.75) is 13.3 Å². The van der Waals surface area contributed by atoms with Gasteiger partial charge in [0.25, 0.3) is 0 Å². The standard InChI is InChI=1S/C8H9BrO2S/c1-2-11-8(10)5-7-6(9)3-4-12-7/h3-4H,2,5H2,1H3. The molecule has 66 valence electrons. The molecule has 0 bridgehead atoms. The highest BCUT2D eigenvalue weighted by atomic mass is 79.9. The number of carbonyl (C=O) groups excluding carboxylic acids is 1. The van der Waals surface area contributed by atoms with Gasteiger partial charge >= 0.3 is 5.97 Å². The monoisotopic (exact) mass is 248 g/mol. The largest absolute Gasteiger partial charge is 0.466 e. The van der Waals surface area contributed by atoms with Crippen molar-refractivity contribution in [3.8, 4) is 0 Å². The molecule has 1 rings (SSSR count). The number of rotatable bonds is 3. The third-order valence-corrected chi connectivity index (χ3v) is 3.23. The molecule has 0 N–H and O–H groups in total. The Bertz CT molecular complexity index is 270. The van der Waals surface area contributed by atoms with E-state index in [1.54, 1.807) is 18.3 Å². The van der Waals surface area contributed by atoms with E-state index in [1.165, 1.54) is 0 Å². The first-order valence-electron chi connectivity index (χ1n) is 3.61. The Balaban J connectivity index is 2.52. The van der Waals surface area contributed by atoms with Crippen LogP contribution in [0, 0.1) is 0 Å². The molecule has 0 saturated carbocycles. The first-order valence-corrected chi connectivity index (χ1v) is 5.28. The average molecular weight is 249 g/mol. The van der Waals surface area contributed by atoms with E-state index in [0.717, 1.165) is 9.35 Å². The summed E-state index contributed by atoms with van der Waals surface area (Å²) in [6.45, 7) is 2.25. The van der Waals surface area contributed by atoms with Gasteiger partial charge in [0.15, 0.2) is 0 Å². The van der Waals surface area contributed by atoms with E-state index < -0.39 is 0 Å². The van der Waals surface area contributed by atoms with Crippen LogP contribution in [-0.2, 0) is 16.0 Å². The molecule has 1 aromatic heterocycles. The Morgan fingerprint density at radius 1 is 1.75 bits per heavy atom. The Labute approximate surface area is 83.7 Å². The SMILES string of the molecule is CCOC(=O)Cc1sccc1Br. The molecular formula is C8H9BrO2S. The highest BCUT2D eigenvalue weighted by Crippen LogP contribution is 2.23. The number of hydrogen-bond donors (Lipinski definition) is 0. The third-order valence-electron chi connectivity index (χ3n) is 1.30. The fourth-order valence-electron chi connectivity index (χ4n) is 0.794. The van der Waals surface area contributed by atoms with Crippen LogP contribution in [0.15, 0.2) is 15.9 Å². The van der Waals surface area contributed by atoms with Crippen molar-refractivity contribution in [1.29, 1.82) is 0 Å². The zero-order chi connectivity index (χ0) is 8.97. The van der Waals surface area contributed by atoms with Gasteiger partial charge < -0.3 is 4.74 Å². The van der Waals surface area contributed by atoms with Crippen LogP contribution >= 0.6 is 27.3 Å². The molecular weight excluding hydrogens is 240 g/mol. The molecule has 1 heterocycles. The van der Waals surface area contributed by atoms with Crippen molar-refractivity contribution in [2.24, 2.45) is 0 Å². The van der Waals surface area contributed by atoms with Crippen LogP contribution in [0.4, 0.5) is 0 Å². The van der Waals surface area contributed by atoms with Crippen LogP contribution in [0.25, 0.3) is 0 Å². The van der Waals surface area contributed by atoms with Crippen molar-refractivity contribution in [3.63, 3.8) is 0 Å². The summed E-state index contributed by atoms with van der Waals surface area (Å²) >= 11 is 4.90. The number of esters is 1. The van der Waals surface area contributed by atoms with Gasteiger partial charge in [0.2, 0.25) is 0 Å². The van der Waals surface area contributed by atoms with Gasteiger partial charge in [-0.25, -0.2) is 0 Å². The Hall–Kier alpha value is -0.350. The van der Waals surface area contributed by atoms with Gasteiger partial charge in [-0.2, -0.15) is 0 Å². The van der Waals surface area contributed by atoms with E-state index in [4.69, 9.17) is 4.74 Å². The van der Waals surface area contributed by atoms with Gasteiger partial charge in [-0.15, -0.1) is 11.3 Å². The van der Waals surface area contributed by atoms with Crippen molar-refractivity contribution in [2.75, 3.05) is 6.61 Å². The second-order valence-electron chi connectivity index (χ2n) is 2.17. The van der Waals surface area contributed by atoms with Gasteiger partial charge in [-0.1, -0.05) is 0 Å². The smallest absolute Gasteiger partial charge is 0.311 e. The fourth-order valence-corrected chi connectivity index (χ4v) is 2.27. The van der Waals surface area contributed by atoms with Crippen LogP contribution < -0.4 is 0 Å². The minimum absolute atomic E-state index is 0.166. The molecule has 0 aliphatic heterocycles. The molecule has 2 nitrogen and oxygen atoms in total. The predicted molar refractivity (Wildman–Crippen MR) is 52.4 cm³/mol. The molecule has 1 aromatic rings. The van der Waals surface area contributed by atoms with Crippen LogP contribution in [0.5, 0.6) is 0 Å². The van der Waals surface area contributed by atoms with Crippen LogP contribution in [0.2, 0.25) is 0 Å². The van der Waals surface area contributed by atoms with Crippen LogP contribution in [0.3, 0.4) is 0 Å². The Kier molecular flexibility index (Phi) is 3.75. The first kappa shape index (κ1) is 9.74. The zero-order valence-corrected chi connectivity index (χ0v) is 9.07. The lowest BCUT2D eigenvalue weighted by atomic mass is 10.3. The van der Waals surface area contributed by atoms with Crippen LogP contribution in [-0.4, -0.2) is 12.6 Å². The summed E-state index contributed by atoms with van der Waals surface area (Å²) in [5, 5.41) is 1.94. The number of hydrogen-bond acceptors (Lipinski definition) is 3. The summed E-state index contributed by atoms with van der Waals surface area (Å²) in [5.41, 5.74) is 0. The highest BCUT2D eigenvalue weighted by Gasteiger charge is 2.07. The van der Waals surface area contributed by atoms with E-state index in [-0.39, 0.29) is 5.97 Å². The molecule has 0 radical (unpaired) electrons. The maximum Gasteiger partial charge on any atom is 0.311 e. The van der Waals surface area contributed by atoms with E-state index in [0.29, 0.717) is 13.0 Å². The number of carbonyl (C=O) groups is 1. The van der Waals surface area contributed by atoms with E-state index in [9.17, 15) is 4.79 Å². The second kappa shape index (κ2) is 4.62.